The highest BCUT2D eigenvalue weighted by atomic mass is 16.5. The van der Waals surface area contributed by atoms with Gasteiger partial charge in [0.2, 0.25) is 5.91 Å². The Bertz CT molecular complexity index is 471. The number of ether oxygens (including phenoxy) is 1. The number of aliphatic hydroxyl groups is 1. The van der Waals surface area contributed by atoms with E-state index >= 15 is 0 Å². The summed E-state index contributed by atoms with van der Waals surface area (Å²) in [4.78, 5) is 14.2. The first-order valence-electron chi connectivity index (χ1n) is 7.37. The molecule has 1 fully saturated rings. The Morgan fingerprint density at radius 1 is 1.33 bits per heavy atom. The minimum Gasteiger partial charge on any atom is -0.497 e. The Morgan fingerprint density at radius 2 is 2.05 bits per heavy atom. The van der Waals surface area contributed by atoms with Crippen molar-refractivity contribution in [3.8, 4) is 5.75 Å². The molecule has 1 aliphatic heterocycles. The normalized spacial score (nSPS) is 23.4. The molecule has 1 heterocycles. The molecule has 5 heteroatoms. The second-order valence-corrected chi connectivity index (χ2v) is 5.90. The summed E-state index contributed by atoms with van der Waals surface area (Å²) < 4.78 is 5.08. The second-order valence-electron chi connectivity index (χ2n) is 5.90. The molecule has 1 unspecified atom stereocenters. The summed E-state index contributed by atoms with van der Waals surface area (Å²) >= 11 is 0. The smallest absolute Gasteiger partial charge is 0.238 e. The SMILES string of the molecule is COc1ccc(NC(=O)CN2CCCC(C)(O)CC2)cc1. The summed E-state index contributed by atoms with van der Waals surface area (Å²) in [5.41, 5.74) is 0.170. The fourth-order valence-corrected chi connectivity index (χ4v) is 2.56. The minimum atomic E-state index is -0.596. The molecule has 0 saturated carbocycles. The molecule has 0 aromatic heterocycles. The Labute approximate surface area is 125 Å². The number of likely N-dealkylation sites (tertiary alicyclic amines) is 1. The Kier molecular flexibility index (Phi) is 5.20. The molecule has 1 amide bonds. The monoisotopic (exact) mass is 292 g/mol. The largest absolute Gasteiger partial charge is 0.497 e. The molecule has 0 bridgehead atoms. The highest BCUT2D eigenvalue weighted by Gasteiger charge is 2.25. The van der Waals surface area contributed by atoms with E-state index in [1.165, 1.54) is 0 Å². The van der Waals surface area contributed by atoms with E-state index in [0.717, 1.165) is 37.4 Å². The number of hydrogen-bond donors (Lipinski definition) is 2. The molecule has 21 heavy (non-hydrogen) atoms. The molecule has 116 valence electrons. The third-order valence-corrected chi connectivity index (χ3v) is 3.90. The lowest BCUT2D eigenvalue weighted by atomic mass is 9.98. The zero-order valence-corrected chi connectivity index (χ0v) is 12.8. The zero-order chi connectivity index (χ0) is 15.3. The molecule has 2 N–H and O–H groups in total. The molecule has 2 rings (SSSR count). The lowest BCUT2D eigenvalue weighted by Gasteiger charge is -2.22. The van der Waals surface area contributed by atoms with Crippen LogP contribution in [0.2, 0.25) is 0 Å². The Balaban J connectivity index is 1.83. The van der Waals surface area contributed by atoms with E-state index in [2.05, 4.69) is 10.2 Å². The summed E-state index contributed by atoms with van der Waals surface area (Å²) in [6, 6.07) is 7.28. The van der Waals surface area contributed by atoms with Crippen LogP contribution in [0.1, 0.15) is 26.2 Å². The molecule has 1 aromatic carbocycles. The van der Waals surface area contributed by atoms with Crippen LogP contribution in [-0.2, 0) is 4.79 Å². The van der Waals surface area contributed by atoms with Gasteiger partial charge in [-0.05, 0) is 57.0 Å². The highest BCUT2D eigenvalue weighted by Crippen LogP contribution is 2.21. The lowest BCUT2D eigenvalue weighted by Crippen LogP contribution is -2.35. The number of benzene rings is 1. The van der Waals surface area contributed by atoms with Crippen molar-refractivity contribution in [3.05, 3.63) is 24.3 Å². The van der Waals surface area contributed by atoms with Gasteiger partial charge in [0.15, 0.2) is 0 Å². The van der Waals surface area contributed by atoms with E-state index in [9.17, 15) is 9.90 Å². The van der Waals surface area contributed by atoms with Gasteiger partial charge in [-0.1, -0.05) is 0 Å². The van der Waals surface area contributed by atoms with Gasteiger partial charge in [-0.25, -0.2) is 0 Å². The van der Waals surface area contributed by atoms with Crippen LogP contribution in [0.3, 0.4) is 0 Å². The van der Waals surface area contributed by atoms with Gasteiger partial charge in [-0.3, -0.25) is 9.69 Å². The number of nitrogens with one attached hydrogen (secondary N) is 1. The minimum absolute atomic E-state index is 0.0262. The van der Waals surface area contributed by atoms with Gasteiger partial charge in [0.05, 0.1) is 19.3 Å². The summed E-state index contributed by atoms with van der Waals surface area (Å²) in [5, 5.41) is 12.9. The molecule has 1 atom stereocenters. The van der Waals surface area contributed by atoms with Crippen molar-refractivity contribution in [3.63, 3.8) is 0 Å². The van der Waals surface area contributed by atoms with Crippen molar-refractivity contribution >= 4 is 11.6 Å². The summed E-state index contributed by atoms with van der Waals surface area (Å²) in [5.74, 6) is 0.740. The van der Waals surface area contributed by atoms with Gasteiger partial charge >= 0.3 is 0 Å². The van der Waals surface area contributed by atoms with E-state index in [1.807, 2.05) is 31.2 Å². The number of carbonyl (C=O) groups is 1. The standard InChI is InChI=1S/C16H24N2O3/c1-16(20)8-3-10-18(11-9-16)12-15(19)17-13-4-6-14(21-2)7-5-13/h4-7,20H,3,8-12H2,1-2H3,(H,17,19). The van der Waals surface area contributed by atoms with E-state index in [1.54, 1.807) is 7.11 Å². The van der Waals surface area contributed by atoms with Crippen molar-refractivity contribution in [2.24, 2.45) is 0 Å². The second kappa shape index (κ2) is 6.91. The molecule has 1 saturated heterocycles. The molecule has 0 spiro atoms. The average Bonchev–Trinajstić information content (AvgIpc) is 2.61. The van der Waals surface area contributed by atoms with Gasteiger partial charge in [0.1, 0.15) is 5.75 Å². The Hall–Kier alpha value is -1.59. The van der Waals surface area contributed by atoms with Crippen LogP contribution in [0.4, 0.5) is 5.69 Å². The number of amides is 1. The van der Waals surface area contributed by atoms with Crippen LogP contribution in [0.15, 0.2) is 24.3 Å². The fourth-order valence-electron chi connectivity index (χ4n) is 2.56. The number of hydrogen-bond acceptors (Lipinski definition) is 4. The van der Waals surface area contributed by atoms with Crippen molar-refractivity contribution in [2.45, 2.75) is 31.8 Å². The maximum atomic E-state index is 12.1. The van der Waals surface area contributed by atoms with E-state index in [0.29, 0.717) is 13.0 Å². The van der Waals surface area contributed by atoms with Crippen molar-refractivity contribution < 1.29 is 14.6 Å². The number of nitrogens with zero attached hydrogens (tertiary/aromatic N) is 1. The molecule has 5 nitrogen and oxygen atoms in total. The molecule has 1 aromatic rings. The molecular weight excluding hydrogens is 268 g/mol. The van der Waals surface area contributed by atoms with E-state index < -0.39 is 5.60 Å². The van der Waals surface area contributed by atoms with Gasteiger partial charge in [-0.15, -0.1) is 0 Å². The van der Waals surface area contributed by atoms with Gasteiger partial charge in [-0.2, -0.15) is 0 Å². The first-order valence-corrected chi connectivity index (χ1v) is 7.37. The number of methoxy groups -OCH3 is 1. The van der Waals surface area contributed by atoms with Gasteiger partial charge in [0.25, 0.3) is 0 Å². The van der Waals surface area contributed by atoms with Crippen LogP contribution in [-0.4, -0.2) is 48.3 Å². The zero-order valence-electron chi connectivity index (χ0n) is 12.8. The van der Waals surface area contributed by atoms with Crippen LogP contribution >= 0.6 is 0 Å². The van der Waals surface area contributed by atoms with Crippen molar-refractivity contribution in [1.82, 2.24) is 4.90 Å². The Morgan fingerprint density at radius 3 is 2.71 bits per heavy atom. The van der Waals surface area contributed by atoms with Crippen LogP contribution in [0.5, 0.6) is 5.75 Å². The first kappa shape index (κ1) is 15.8. The van der Waals surface area contributed by atoms with Crippen LogP contribution in [0.25, 0.3) is 0 Å². The quantitative estimate of drug-likeness (QED) is 0.889. The topological polar surface area (TPSA) is 61.8 Å². The maximum Gasteiger partial charge on any atom is 0.238 e. The fraction of sp³-hybridized carbons (Fsp3) is 0.562. The molecule has 0 radical (unpaired) electrons. The van der Waals surface area contributed by atoms with Gasteiger partial charge in [0, 0.05) is 12.2 Å². The molecule has 1 aliphatic rings. The number of carbonyl (C=O) groups excluding carboxylic acids is 1. The van der Waals surface area contributed by atoms with E-state index in [4.69, 9.17) is 4.74 Å². The highest BCUT2D eigenvalue weighted by molar-refractivity contribution is 5.92. The number of anilines is 1. The van der Waals surface area contributed by atoms with E-state index in [-0.39, 0.29) is 5.91 Å². The third kappa shape index (κ3) is 5.02. The summed E-state index contributed by atoms with van der Waals surface area (Å²) in [7, 11) is 1.61. The summed E-state index contributed by atoms with van der Waals surface area (Å²) in [6.45, 7) is 3.84. The maximum absolute atomic E-state index is 12.1. The first-order chi connectivity index (χ1) is 9.98. The predicted molar refractivity (Wildman–Crippen MR) is 82.5 cm³/mol. The molecule has 0 aliphatic carbocycles. The van der Waals surface area contributed by atoms with Gasteiger partial charge < -0.3 is 15.2 Å². The van der Waals surface area contributed by atoms with Crippen molar-refractivity contribution in [1.29, 1.82) is 0 Å². The van der Waals surface area contributed by atoms with Crippen LogP contribution < -0.4 is 10.1 Å². The predicted octanol–water partition coefficient (Wildman–Crippen LogP) is 1.87. The van der Waals surface area contributed by atoms with Crippen molar-refractivity contribution in [2.75, 3.05) is 32.1 Å². The number of rotatable bonds is 4. The lowest BCUT2D eigenvalue weighted by molar-refractivity contribution is -0.117. The average molecular weight is 292 g/mol. The third-order valence-electron chi connectivity index (χ3n) is 3.90. The van der Waals surface area contributed by atoms with Crippen LogP contribution in [0, 0.1) is 0 Å². The molecular formula is C16H24N2O3. The summed E-state index contributed by atoms with van der Waals surface area (Å²) in [6.07, 6.45) is 2.43.